The van der Waals surface area contributed by atoms with E-state index in [9.17, 15) is 9.59 Å². The van der Waals surface area contributed by atoms with Crippen LogP contribution in [0, 0.1) is 0 Å². The number of methoxy groups -OCH3 is 1. The Hall–Kier alpha value is -2.24. The van der Waals surface area contributed by atoms with Crippen LogP contribution in [-0.4, -0.2) is 30.2 Å². The van der Waals surface area contributed by atoms with Crippen LogP contribution in [0.3, 0.4) is 0 Å². The molecule has 0 bridgehead atoms. The summed E-state index contributed by atoms with van der Waals surface area (Å²) in [7, 11) is 1.63. The third-order valence-electron chi connectivity index (χ3n) is 4.09. The van der Waals surface area contributed by atoms with Crippen LogP contribution in [0.15, 0.2) is 47.4 Å². The summed E-state index contributed by atoms with van der Waals surface area (Å²) in [6, 6.07) is 10.5. The Morgan fingerprint density at radius 2 is 2.22 bits per heavy atom. The summed E-state index contributed by atoms with van der Waals surface area (Å²) < 4.78 is 13.1. The summed E-state index contributed by atoms with van der Waals surface area (Å²) in [5, 5.41) is 0. The number of carbonyl (C=O) groups is 1. The summed E-state index contributed by atoms with van der Waals surface area (Å²) in [5.74, 6) is 0. The van der Waals surface area contributed by atoms with E-state index in [4.69, 9.17) is 9.47 Å². The molecule has 2 atom stereocenters. The van der Waals surface area contributed by atoms with Crippen molar-refractivity contribution in [2.45, 2.75) is 25.2 Å². The Balaban J connectivity index is 2.15. The Bertz CT molecular complexity index is 783. The minimum absolute atomic E-state index is 0.151. The van der Waals surface area contributed by atoms with E-state index in [1.54, 1.807) is 42.1 Å². The normalized spacial score (nSPS) is 23.3. The van der Waals surface area contributed by atoms with E-state index >= 15 is 0 Å². The smallest absolute Gasteiger partial charge is 0.252 e. The molecular weight excluding hydrogens is 294 g/mol. The molecule has 0 aliphatic carbocycles. The van der Waals surface area contributed by atoms with E-state index in [2.05, 4.69) is 0 Å². The van der Waals surface area contributed by atoms with Gasteiger partial charge in [0.15, 0.2) is 6.23 Å². The van der Waals surface area contributed by atoms with Crippen LogP contribution in [-0.2, 0) is 15.9 Å². The number of pyridine rings is 1. The van der Waals surface area contributed by atoms with E-state index in [0.29, 0.717) is 18.6 Å². The molecule has 1 aliphatic rings. The molecular formula is C18H19NO4. The van der Waals surface area contributed by atoms with Gasteiger partial charge in [-0.15, -0.1) is 0 Å². The van der Waals surface area contributed by atoms with E-state index in [-0.39, 0.29) is 5.56 Å². The average molecular weight is 313 g/mol. The van der Waals surface area contributed by atoms with Crippen LogP contribution in [0.5, 0.6) is 0 Å². The maximum atomic E-state index is 12.2. The van der Waals surface area contributed by atoms with Crippen molar-refractivity contribution in [3.05, 3.63) is 69.6 Å². The molecule has 0 radical (unpaired) electrons. The van der Waals surface area contributed by atoms with Crippen LogP contribution in [0.1, 0.15) is 34.6 Å². The first-order chi connectivity index (χ1) is 11.1. The third kappa shape index (κ3) is 2.98. The molecule has 2 heterocycles. The van der Waals surface area contributed by atoms with E-state index in [0.717, 1.165) is 17.4 Å². The molecule has 5 nitrogen and oxygen atoms in total. The van der Waals surface area contributed by atoms with Gasteiger partial charge in [-0.25, -0.2) is 0 Å². The van der Waals surface area contributed by atoms with Crippen molar-refractivity contribution in [3.63, 3.8) is 0 Å². The number of aromatic nitrogens is 1. The first kappa shape index (κ1) is 15.6. The first-order valence-electron chi connectivity index (χ1n) is 7.48. The number of aldehydes is 1. The lowest BCUT2D eigenvalue weighted by Crippen LogP contribution is -2.45. The second-order valence-electron chi connectivity index (χ2n) is 6.05. The summed E-state index contributed by atoms with van der Waals surface area (Å²) >= 11 is 0. The number of ether oxygens (including phenoxy) is 2. The molecule has 0 saturated carbocycles. The van der Waals surface area contributed by atoms with Gasteiger partial charge in [0.2, 0.25) is 0 Å². The molecule has 1 aromatic heterocycles. The van der Waals surface area contributed by atoms with Gasteiger partial charge in [0.05, 0.1) is 12.2 Å². The lowest BCUT2D eigenvalue weighted by atomic mass is 9.88. The minimum Gasteiger partial charge on any atom is -0.382 e. The zero-order valence-corrected chi connectivity index (χ0v) is 13.2. The number of hydrogen-bond donors (Lipinski definition) is 0. The highest BCUT2D eigenvalue weighted by atomic mass is 16.6. The molecule has 0 N–H and O–H groups in total. The van der Waals surface area contributed by atoms with Crippen molar-refractivity contribution in [2.24, 2.45) is 0 Å². The van der Waals surface area contributed by atoms with Gasteiger partial charge in [-0.1, -0.05) is 18.2 Å². The highest BCUT2D eigenvalue weighted by molar-refractivity contribution is 5.75. The molecule has 120 valence electrons. The molecule has 5 heteroatoms. The largest absolute Gasteiger partial charge is 0.382 e. The molecule has 2 unspecified atom stereocenters. The molecule has 0 saturated heterocycles. The van der Waals surface area contributed by atoms with Gasteiger partial charge in [0.25, 0.3) is 5.56 Å². The monoisotopic (exact) mass is 313 g/mol. The summed E-state index contributed by atoms with van der Waals surface area (Å²) in [5.41, 5.74) is 1.78. The second-order valence-corrected chi connectivity index (χ2v) is 6.05. The van der Waals surface area contributed by atoms with Gasteiger partial charge in [-0.3, -0.25) is 14.2 Å². The lowest BCUT2D eigenvalue weighted by molar-refractivity contribution is -0.138. The molecule has 1 aliphatic heterocycles. The molecule has 0 fully saturated rings. The number of nitrogens with zero attached hydrogens (tertiary/aromatic N) is 1. The van der Waals surface area contributed by atoms with Crippen LogP contribution in [0.4, 0.5) is 0 Å². The fourth-order valence-corrected chi connectivity index (χ4v) is 3.09. The molecule has 1 aromatic carbocycles. The molecule has 2 aromatic rings. The zero-order valence-electron chi connectivity index (χ0n) is 13.2. The predicted octanol–water partition coefficient (Wildman–Crippen LogP) is 2.19. The zero-order chi connectivity index (χ0) is 16.4. The van der Waals surface area contributed by atoms with Crippen LogP contribution >= 0.6 is 0 Å². The first-order valence-corrected chi connectivity index (χ1v) is 7.48. The predicted molar refractivity (Wildman–Crippen MR) is 85.7 cm³/mol. The quantitative estimate of drug-likeness (QED) is 0.812. The number of rotatable bonds is 4. The van der Waals surface area contributed by atoms with Gasteiger partial charge in [-0.05, 0) is 24.6 Å². The molecule has 0 amide bonds. The molecule has 23 heavy (non-hydrogen) atoms. The fraction of sp³-hybridized carbons (Fsp3) is 0.333. The Kier molecular flexibility index (Phi) is 4.15. The van der Waals surface area contributed by atoms with Crippen molar-refractivity contribution in [2.75, 3.05) is 13.7 Å². The van der Waals surface area contributed by atoms with Crippen molar-refractivity contribution in [1.82, 2.24) is 4.57 Å². The molecule has 0 spiro atoms. The Morgan fingerprint density at radius 1 is 1.39 bits per heavy atom. The topological polar surface area (TPSA) is 57.5 Å². The second kappa shape index (κ2) is 6.10. The maximum Gasteiger partial charge on any atom is 0.252 e. The van der Waals surface area contributed by atoms with Crippen LogP contribution in [0.25, 0.3) is 0 Å². The fourth-order valence-electron chi connectivity index (χ4n) is 3.09. The summed E-state index contributed by atoms with van der Waals surface area (Å²) in [4.78, 5) is 23.3. The van der Waals surface area contributed by atoms with Gasteiger partial charge in [0, 0.05) is 36.9 Å². The highest BCUT2D eigenvalue weighted by Gasteiger charge is 2.37. The maximum absolute atomic E-state index is 12.2. The van der Waals surface area contributed by atoms with E-state index in [1.807, 2.05) is 13.0 Å². The Morgan fingerprint density at radius 3 is 2.91 bits per heavy atom. The van der Waals surface area contributed by atoms with Gasteiger partial charge >= 0.3 is 0 Å². The molecule has 3 rings (SSSR count). The highest BCUT2D eigenvalue weighted by Crippen LogP contribution is 2.36. The average Bonchev–Trinajstić information content (AvgIpc) is 2.54. The lowest BCUT2D eigenvalue weighted by Gasteiger charge is -2.40. The number of fused-ring (bicyclic) bond motifs is 1. The van der Waals surface area contributed by atoms with E-state index in [1.165, 1.54) is 6.07 Å². The van der Waals surface area contributed by atoms with Crippen molar-refractivity contribution in [3.8, 4) is 0 Å². The van der Waals surface area contributed by atoms with Crippen LogP contribution in [0.2, 0.25) is 0 Å². The summed E-state index contributed by atoms with van der Waals surface area (Å²) in [6.07, 6.45) is 2.58. The number of benzene rings is 1. The minimum atomic E-state index is -0.576. The van der Waals surface area contributed by atoms with Gasteiger partial charge in [-0.2, -0.15) is 0 Å². The van der Waals surface area contributed by atoms with Crippen molar-refractivity contribution >= 4 is 6.29 Å². The third-order valence-corrected chi connectivity index (χ3v) is 4.09. The van der Waals surface area contributed by atoms with Gasteiger partial charge in [0.1, 0.15) is 6.29 Å². The van der Waals surface area contributed by atoms with E-state index < -0.39 is 11.8 Å². The standard InChI is InChI=1S/C18H19NO4/c1-18(12-22-2)10-14-7-6-13(11-20)9-15(14)17(23-18)19-8-4-3-5-16(19)21/h3-9,11,17H,10,12H2,1-2H3. The summed E-state index contributed by atoms with van der Waals surface area (Å²) in [6.45, 7) is 2.38. The SMILES string of the molecule is COCC1(C)Cc2ccc(C=O)cc2C(n2ccccc2=O)O1. The van der Waals surface area contributed by atoms with Crippen molar-refractivity contribution < 1.29 is 14.3 Å². The van der Waals surface area contributed by atoms with Crippen molar-refractivity contribution in [1.29, 1.82) is 0 Å². The van der Waals surface area contributed by atoms with Crippen LogP contribution < -0.4 is 5.56 Å². The number of hydrogen-bond acceptors (Lipinski definition) is 4. The van der Waals surface area contributed by atoms with Gasteiger partial charge < -0.3 is 9.47 Å². The number of carbonyl (C=O) groups excluding carboxylic acids is 1. The Labute approximate surface area is 134 Å².